The van der Waals surface area contributed by atoms with E-state index in [-0.39, 0.29) is 0 Å². The fourth-order valence-electron chi connectivity index (χ4n) is 6.73. The zero-order chi connectivity index (χ0) is 25.4. The lowest BCUT2D eigenvalue weighted by molar-refractivity contribution is 0.614. The zero-order valence-corrected chi connectivity index (χ0v) is 22.6. The second-order valence-corrected chi connectivity index (χ2v) is 10.8. The normalized spacial score (nSPS) is 22.0. The second-order valence-electron chi connectivity index (χ2n) is 10.8. The third kappa shape index (κ3) is 4.21. The molecular weight excluding hydrogens is 432 g/mol. The van der Waals surface area contributed by atoms with Crippen LogP contribution in [0.15, 0.2) is 107 Å². The standard InChI is InChI=1S/C36H40/c1-7-12-23(4)34-24(5)19-31-22-30(21-29-17-16-28-13-10-11-14-32(28)29)25(6)35(31)36(34)33-18-15-26(8-2)20-27(33)9-3/h10-11,13-15,17-21,35-36H,4,6-9,12,16,22H2,1-3,5H3/b30-21+. The molecule has 5 rings (SSSR count). The van der Waals surface area contributed by atoms with Gasteiger partial charge in [-0.1, -0.05) is 112 Å². The second kappa shape index (κ2) is 10.1. The summed E-state index contributed by atoms with van der Waals surface area (Å²) in [5, 5.41) is 0. The fourth-order valence-corrected chi connectivity index (χ4v) is 6.73. The predicted octanol–water partition coefficient (Wildman–Crippen LogP) is 9.65. The summed E-state index contributed by atoms with van der Waals surface area (Å²) in [5.74, 6) is 0.617. The summed E-state index contributed by atoms with van der Waals surface area (Å²) in [7, 11) is 0. The molecule has 0 bridgehead atoms. The van der Waals surface area contributed by atoms with Gasteiger partial charge in [0.25, 0.3) is 0 Å². The highest BCUT2D eigenvalue weighted by molar-refractivity contribution is 5.82. The third-order valence-electron chi connectivity index (χ3n) is 8.52. The van der Waals surface area contributed by atoms with Crippen molar-refractivity contribution in [2.24, 2.45) is 5.92 Å². The van der Waals surface area contributed by atoms with Crippen molar-refractivity contribution in [1.82, 2.24) is 0 Å². The molecule has 2 aromatic carbocycles. The van der Waals surface area contributed by atoms with Crippen LogP contribution in [0.25, 0.3) is 5.57 Å². The van der Waals surface area contributed by atoms with Crippen LogP contribution in [-0.4, -0.2) is 0 Å². The van der Waals surface area contributed by atoms with Crippen LogP contribution < -0.4 is 0 Å². The van der Waals surface area contributed by atoms with Crippen molar-refractivity contribution in [3.63, 3.8) is 0 Å². The van der Waals surface area contributed by atoms with Crippen molar-refractivity contribution >= 4 is 5.57 Å². The van der Waals surface area contributed by atoms with Crippen molar-refractivity contribution in [2.75, 3.05) is 0 Å². The number of allylic oxidation sites excluding steroid dienone is 10. The maximum atomic E-state index is 4.76. The molecule has 1 saturated carbocycles. The Morgan fingerprint density at radius 2 is 1.83 bits per heavy atom. The molecule has 184 valence electrons. The smallest absolute Gasteiger partial charge is 0.0203 e. The molecule has 0 amide bonds. The average Bonchev–Trinajstić information content (AvgIpc) is 3.43. The molecule has 0 aliphatic heterocycles. The van der Waals surface area contributed by atoms with Crippen LogP contribution >= 0.6 is 0 Å². The van der Waals surface area contributed by atoms with Gasteiger partial charge in [-0.2, -0.15) is 0 Å². The van der Waals surface area contributed by atoms with Gasteiger partial charge in [0.05, 0.1) is 0 Å². The monoisotopic (exact) mass is 472 g/mol. The van der Waals surface area contributed by atoms with Crippen LogP contribution in [-0.2, 0) is 19.3 Å². The minimum Gasteiger partial charge on any atom is -0.0955 e. The third-order valence-corrected chi connectivity index (χ3v) is 8.52. The first kappa shape index (κ1) is 24.6. The molecule has 0 saturated heterocycles. The Balaban J connectivity index is 1.61. The van der Waals surface area contributed by atoms with Crippen LogP contribution in [0.4, 0.5) is 0 Å². The first-order valence-electron chi connectivity index (χ1n) is 13.9. The van der Waals surface area contributed by atoms with E-state index in [9.17, 15) is 0 Å². The Bertz CT molecular complexity index is 1350. The van der Waals surface area contributed by atoms with Crippen molar-refractivity contribution in [3.8, 4) is 0 Å². The zero-order valence-electron chi connectivity index (χ0n) is 22.6. The van der Waals surface area contributed by atoms with Crippen molar-refractivity contribution in [3.05, 3.63) is 135 Å². The molecular formula is C36H40. The molecule has 0 spiro atoms. The molecule has 0 radical (unpaired) electrons. The highest BCUT2D eigenvalue weighted by Crippen LogP contribution is 2.55. The summed E-state index contributed by atoms with van der Waals surface area (Å²) in [6, 6.07) is 16.0. The van der Waals surface area contributed by atoms with E-state index in [0.29, 0.717) is 11.8 Å². The summed E-state index contributed by atoms with van der Waals surface area (Å²) >= 11 is 0. The first-order valence-corrected chi connectivity index (χ1v) is 13.9. The predicted molar refractivity (Wildman–Crippen MR) is 156 cm³/mol. The number of hydrogen-bond donors (Lipinski definition) is 0. The van der Waals surface area contributed by atoms with Crippen molar-refractivity contribution < 1.29 is 0 Å². The van der Waals surface area contributed by atoms with E-state index in [1.807, 2.05) is 0 Å². The van der Waals surface area contributed by atoms with E-state index in [4.69, 9.17) is 6.58 Å². The Morgan fingerprint density at radius 3 is 2.58 bits per heavy atom. The minimum absolute atomic E-state index is 0.299. The van der Waals surface area contributed by atoms with E-state index < -0.39 is 0 Å². The van der Waals surface area contributed by atoms with Gasteiger partial charge in [0.2, 0.25) is 0 Å². The van der Waals surface area contributed by atoms with E-state index in [1.54, 1.807) is 0 Å². The lowest BCUT2D eigenvalue weighted by Gasteiger charge is -2.36. The molecule has 36 heavy (non-hydrogen) atoms. The van der Waals surface area contributed by atoms with E-state index in [1.165, 1.54) is 66.8 Å². The van der Waals surface area contributed by atoms with Gasteiger partial charge in [-0.3, -0.25) is 0 Å². The first-order chi connectivity index (χ1) is 17.5. The molecule has 1 fully saturated rings. The number of fused-ring (bicyclic) bond motifs is 2. The van der Waals surface area contributed by atoms with Gasteiger partial charge in [-0.15, -0.1) is 0 Å². The van der Waals surface area contributed by atoms with Gasteiger partial charge in [0.1, 0.15) is 0 Å². The number of rotatable bonds is 7. The van der Waals surface area contributed by atoms with Crippen LogP contribution in [0.3, 0.4) is 0 Å². The summed E-state index contributed by atoms with van der Waals surface area (Å²) in [4.78, 5) is 0. The number of aryl methyl sites for hydroxylation is 2. The Morgan fingerprint density at radius 1 is 1.03 bits per heavy atom. The number of hydrogen-bond acceptors (Lipinski definition) is 0. The Labute approximate surface area is 218 Å². The van der Waals surface area contributed by atoms with Crippen molar-refractivity contribution in [2.45, 2.75) is 72.1 Å². The van der Waals surface area contributed by atoms with Crippen LogP contribution in [0, 0.1) is 5.92 Å². The molecule has 2 unspecified atom stereocenters. The van der Waals surface area contributed by atoms with E-state index >= 15 is 0 Å². The maximum Gasteiger partial charge on any atom is 0.0203 e. The summed E-state index contributed by atoms with van der Waals surface area (Å²) in [5.41, 5.74) is 16.9. The lowest BCUT2D eigenvalue weighted by Crippen LogP contribution is -2.22. The lowest BCUT2D eigenvalue weighted by atomic mass is 9.68. The minimum atomic E-state index is 0.299. The molecule has 0 heterocycles. The van der Waals surface area contributed by atoms with E-state index in [2.05, 4.69) is 95.0 Å². The van der Waals surface area contributed by atoms with Gasteiger partial charge in [-0.25, -0.2) is 0 Å². The molecule has 2 atom stereocenters. The molecule has 2 aromatic rings. The molecule has 0 nitrogen and oxygen atoms in total. The van der Waals surface area contributed by atoms with E-state index in [0.717, 1.165) is 38.5 Å². The SMILES string of the molecule is C=C(CCC)C1=C(C)C=C2C/C(=C\C3=CCc4ccccc43)C(=C)C2C1c1ccc(CC)cc1CC. The molecule has 3 aliphatic carbocycles. The Hall–Kier alpha value is -3.12. The summed E-state index contributed by atoms with van der Waals surface area (Å²) in [6.45, 7) is 18.5. The quantitative estimate of drug-likeness (QED) is 0.376. The highest BCUT2D eigenvalue weighted by atomic mass is 14.4. The van der Waals surface area contributed by atoms with Gasteiger partial charge < -0.3 is 0 Å². The Kier molecular flexibility index (Phi) is 6.89. The molecule has 0 heteroatoms. The summed E-state index contributed by atoms with van der Waals surface area (Å²) < 4.78 is 0. The highest BCUT2D eigenvalue weighted by Gasteiger charge is 2.41. The maximum absolute atomic E-state index is 4.76. The van der Waals surface area contributed by atoms with Gasteiger partial charge in [-0.05, 0) is 94.7 Å². The average molecular weight is 473 g/mol. The van der Waals surface area contributed by atoms with Gasteiger partial charge in [0.15, 0.2) is 0 Å². The largest absolute Gasteiger partial charge is 0.0955 e. The van der Waals surface area contributed by atoms with Gasteiger partial charge >= 0.3 is 0 Å². The molecule has 0 N–H and O–H groups in total. The number of benzene rings is 2. The van der Waals surface area contributed by atoms with Crippen molar-refractivity contribution in [1.29, 1.82) is 0 Å². The fraction of sp³-hybridized carbons (Fsp3) is 0.333. The topological polar surface area (TPSA) is 0 Å². The molecule has 0 aromatic heterocycles. The van der Waals surface area contributed by atoms with Crippen LogP contribution in [0.1, 0.15) is 80.7 Å². The van der Waals surface area contributed by atoms with Crippen LogP contribution in [0.5, 0.6) is 0 Å². The molecule has 3 aliphatic rings. The van der Waals surface area contributed by atoms with Gasteiger partial charge in [0, 0.05) is 11.8 Å². The van der Waals surface area contributed by atoms with Crippen LogP contribution in [0.2, 0.25) is 0 Å². The summed E-state index contributed by atoms with van der Waals surface area (Å²) in [6.07, 6.45) is 13.6.